The molecule has 5 nitrogen and oxygen atoms in total. The van der Waals surface area contributed by atoms with Crippen molar-refractivity contribution in [2.75, 3.05) is 13.1 Å². The molecule has 0 aliphatic carbocycles. The zero-order valence-electron chi connectivity index (χ0n) is 9.25. The summed E-state index contributed by atoms with van der Waals surface area (Å²) in [6, 6.07) is 2.07. The number of aromatic nitrogens is 3. The van der Waals surface area contributed by atoms with Crippen molar-refractivity contribution in [2.24, 2.45) is 0 Å². The quantitative estimate of drug-likeness (QED) is 0.699. The van der Waals surface area contributed by atoms with Gasteiger partial charge in [0.1, 0.15) is 11.3 Å². The molecule has 0 saturated carbocycles. The van der Waals surface area contributed by atoms with Gasteiger partial charge in [-0.15, -0.1) is 0 Å². The van der Waals surface area contributed by atoms with Crippen LogP contribution < -0.4 is 10.6 Å². The van der Waals surface area contributed by atoms with Crippen LogP contribution in [0.25, 0.3) is 16.7 Å². The molecule has 16 heavy (non-hydrogen) atoms. The van der Waals surface area contributed by atoms with Gasteiger partial charge >= 0.3 is 0 Å². The smallest absolute Gasteiger partial charge is 0.136 e. The zero-order chi connectivity index (χ0) is 11.0. The van der Waals surface area contributed by atoms with Crippen molar-refractivity contribution in [3.63, 3.8) is 0 Å². The second-order valence-corrected chi connectivity index (χ2v) is 3.84. The van der Waals surface area contributed by atoms with Crippen molar-refractivity contribution < 1.29 is 0 Å². The van der Waals surface area contributed by atoms with Gasteiger partial charge in [0.25, 0.3) is 0 Å². The summed E-state index contributed by atoms with van der Waals surface area (Å²) in [5, 5.41) is 12.4. The molecule has 0 radical (unpaired) electrons. The molecule has 0 aromatic carbocycles. The van der Waals surface area contributed by atoms with Crippen molar-refractivity contribution in [3.05, 3.63) is 24.2 Å². The Bertz CT molecular complexity index is 534. The van der Waals surface area contributed by atoms with Crippen molar-refractivity contribution in [3.8, 4) is 0 Å². The molecule has 5 heteroatoms. The topological polar surface area (TPSA) is 57.7 Å². The fourth-order valence-electron chi connectivity index (χ4n) is 2.06. The molecule has 0 amide bonds. The molecular weight excluding hydrogens is 202 g/mol. The fraction of sp³-hybridized carbons (Fsp3) is 0.364. The first-order valence-electron chi connectivity index (χ1n) is 5.62. The number of H-pyrrole nitrogens is 1. The van der Waals surface area contributed by atoms with Crippen LogP contribution in [0, 0.1) is 0 Å². The molecule has 3 heterocycles. The van der Waals surface area contributed by atoms with Crippen LogP contribution in [0.2, 0.25) is 0 Å². The van der Waals surface area contributed by atoms with Gasteiger partial charge in [-0.1, -0.05) is 0 Å². The van der Waals surface area contributed by atoms with Gasteiger partial charge in [-0.25, -0.2) is 4.68 Å². The number of aromatic amines is 1. The molecule has 0 unspecified atom stereocenters. The Balaban J connectivity index is 2.15. The predicted molar refractivity (Wildman–Crippen MR) is 63.7 cm³/mol. The Morgan fingerprint density at radius 1 is 1.44 bits per heavy atom. The largest absolute Gasteiger partial charge is 0.387 e. The first-order valence-corrected chi connectivity index (χ1v) is 5.62. The number of hydrogen-bond acceptors (Lipinski definition) is 3. The lowest BCUT2D eigenvalue weighted by atomic mass is 10.2. The fourth-order valence-corrected chi connectivity index (χ4v) is 2.06. The predicted octanol–water partition coefficient (Wildman–Crippen LogP) is 0.875. The van der Waals surface area contributed by atoms with Crippen molar-refractivity contribution >= 4 is 16.7 Å². The van der Waals surface area contributed by atoms with Crippen LogP contribution in [0.4, 0.5) is 0 Å². The van der Waals surface area contributed by atoms with E-state index in [1.807, 2.05) is 17.1 Å². The van der Waals surface area contributed by atoms with Gasteiger partial charge in [0.2, 0.25) is 0 Å². The van der Waals surface area contributed by atoms with E-state index in [4.69, 9.17) is 0 Å². The molecule has 1 aliphatic rings. The summed E-state index contributed by atoms with van der Waals surface area (Å²) in [5.41, 5.74) is 3.18. The number of aryl methyl sites for hydroxylation is 1. The third-order valence-electron chi connectivity index (χ3n) is 2.84. The highest BCUT2D eigenvalue weighted by Crippen LogP contribution is 2.22. The number of fused-ring (bicyclic) bond motifs is 1. The molecule has 3 N–H and O–H groups in total. The average Bonchev–Trinajstić information content (AvgIpc) is 2.91. The minimum Gasteiger partial charge on any atom is -0.387 e. The summed E-state index contributed by atoms with van der Waals surface area (Å²) in [5.74, 6) is 0. The summed E-state index contributed by atoms with van der Waals surface area (Å²) in [6.07, 6.45) is 3.96. The van der Waals surface area contributed by atoms with E-state index in [9.17, 15) is 0 Å². The molecule has 0 fully saturated rings. The third-order valence-corrected chi connectivity index (χ3v) is 2.84. The Labute approximate surface area is 93.5 Å². The second kappa shape index (κ2) is 3.59. The van der Waals surface area contributed by atoms with Gasteiger partial charge in [-0.3, -0.25) is 0 Å². The summed E-state index contributed by atoms with van der Waals surface area (Å²) in [7, 11) is 0. The van der Waals surface area contributed by atoms with Gasteiger partial charge in [-0.05, 0) is 13.0 Å². The van der Waals surface area contributed by atoms with E-state index in [1.54, 1.807) is 0 Å². The summed E-state index contributed by atoms with van der Waals surface area (Å²) >= 11 is 0. The molecule has 3 rings (SSSR count). The maximum atomic E-state index is 4.61. The molecule has 2 aromatic heterocycles. The highest BCUT2D eigenvalue weighted by Gasteiger charge is 2.15. The Kier molecular flexibility index (Phi) is 2.09. The van der Waals surface area contributed by atoms with Gasteiger partial charge in [-0.2, -0.15) is 5.10 Å². The number of rotatable bonds is 2. The second-order valence-electron chi connectivity index (χ2n) is 3.84. The number of hydrogen-bond donors (Lipinski definition) is 3. The SMILES string of the molecule is CCn1nc(C2=CNCCN2)c2cc[nH]c21. The zero-order valence-corrected chi connectivity index (χ0v) is 9.25. The van der Waals surface area contributed by atoms with Gasteiger partial charge in [0, 0.05) is 37.4 Å². The van der Waals surface area contributed by atoms with Crippen LogP contribution in [0.1, 0.15) is 12.6 Å². The van der Waals surface area contributed by atoms with E-state index in [0.717, 1.165) is 36.7 Å². The molecule has 0 atom stereocenters. The monoisotopic (exact) mass is 217 g/mol. The third kappa shape index (κ3) is 1.28. The van der Waals surface area contributed by atoms with Crippen LogP contribution in [-0.2, 0) is 6.54 Å². The van der Waals surface area contributed by atoms with Gasteiger partial charge < -0.3 is 15.6 Å². The summed E-state index contributed by atoms with van der Waals surface area (Å²) in [6.45, 7) is 4.88. The first kappa shape index (κ1) is 9.33. The minimum absolute atomic E-state index is 0.873. The lowest BCUT2D eigenvalue weighted by Gasteiger charge is -2.15. The van der Waals surface area contributed by atoms with Crippen molar-refractivity contribution in [2.45, 2.75) is 13.5 Å². The van der Waals surface area contributed by atoms with Gasteiger partial charge in [0.15, 0.2) is 0 Å². The minimum atomic E-state index is 0.873. The lowest BCUT2D eigenvalue weighted by molar-refractivity contribution is 0.667. The average molecular weight is 217 g/mol. The van der Waals surface area contributed by atoms with Crippen LogP contribution in [0.3, 0.4) is 0 Å². The summed E-state index contributed by atoms with van der Waals surface area (Å²) in [4.78, 5) is 3.22. The van der Waals surface area contributed by atoms with E-state index in [0.29, 0.717) is 0 Å². The highest BCUT2D eigenvalue weighted by atomic mass is 15.3. The molecular formula is C11H15N5. The molecule has 0 spiro atoms. The molecule has 0 bridgehead atoms. The normalized spacial score (nSPS) is 15.7. The molecule has 84 valence electrons. The number of nitrogens with one attached hydrogen (secondary N) is 3. The standard InChI is InChI=1S/C11H15N5/c1-2-16-11-8(3-4-14-11)10(15-16)9-7-12-5-6-13-9/h3-4,7,12-14H,2,5-6H2,1H3. The van der Waals surface area contributed by atoms with Crippen LogP contribution in [0.15, 0.2) is 18.5 Å². The maximum absolute atomic E-state index is 4.61. The molecule has 1 aliphatic heterocycles. The van der Waals surface area contributed by atoms with E-state index in [2.05, 4.69) is 33.7 Å². The van der Waals surface area contributed by atoms with Crippen LogP contribution in [0.5, 0.6) is 0 Å². The van der Waals surface area contributed by atoms with E-state index < -0.39 is 0 Å². The maximum Gasteiger partial charge on any atom is 0.136 e. The van der Waals surface area contributed by atoms with Crippen molar-refractivity contribution in [1.29, 1.82) is 0 Å². The molecule has 0 saturated heterocycles. The Morgan fingerprint density at radius 2 is 2.38 bits per heavy atom. The summed E-state index contributed by atoms with van der Waals surface area (Å²) < 4.78 is 1.99. The van der Waals surface area contributed by atoms with Crippen LogP contribution in [-0.4, -0.2) is 27.9 Å². The number of nitrogens with zero attached hydrogens (tertiary/aromatic N) is 2. The first-order chi connectivity index (χ1) is 7.90. The lowest BCUT2D eigenvalue weighted by Crippen LogP contribution is -2.30. The Hall–Kier alpha value is -1.91. The van der Waals surface area contributed by atoms with Crippen LogP contribution >= 0.6 is 0 Å². The van der Waals surface area contributed by atoms with Gasteiger partial charge in [0.05, 0.1) is 5.70 Å². The van der Waals surface area contributed by atoms with E-state index >= 15 is 0 Å². The van der Waals surface area contributed by atoms with Crippen molar-refractivity contribution in [1.82, 2.24) is 25.4 Å². The highest BCUT2D eigenvalue weighted by molar-refractivity contribution is 5.88. The van der Waals surface area contributed by atoms with E-state index in [-0.39, 0.29) is 0 Å². The Morgan fingerprint density at radius 3 is 3.12 bits per heavy atom. The van der Waals surface area contributed by atoms with E-state index in [1.165, 1.54) is 5.39 Å². The molecule has 2 aromatic rings.